The van der Waals surface area contributed by atoms with Gasteiger partial charge in [-0.1, -0.05) is 18.2 Å². The lowest BCUT2D eigenvalue weighted by Gasteiger charge is -2.31. The summed E-state index contributed by atoms with van der Waals surface area (Å²) in [7, 11) is 0. The van der Waals surface area contributed by atoms with Crippen LogP contribution >= 0.6 is 0 Å². The normalized spacial score (nSPS) is 12.0. The van der Waals surface area contributed by atoms with Crippen LogP contribution in [0.15, 0.2) is 42.7 Å². The standard InChI is InChI=1S/C16H18N3O2/c1-11-5-6-14(13-4-3-7-18-10-13)15(8-11)19(21)16(20)9-12(2)17/h3-8,10,12H,9,17H2,1-2H3/q-1. The van der Waals surface area contributed by atoms with E-state index in [1.54, 1.807) is 31.5 Å². The topological polar surface area (TPSA) is 82.3 Å². The van der Waals surface area contributed by atoms with Gasteiger partial charge in [-0.15, -0.1) is 0 Å². The number of pyridine rings is 1. The summed E-state index contributed by atoms with van der Waals surface area (Å²) in [5.41, 5.74) is 8.30. The van der Waals surface area contributed by atoms with E-state index in [4.69, 9.17) is 5.73 Å². The van der Waals surface area contributed by atoms with Gasteiger partial charge < -0.3 is 16.0 Å². The summed E-state index contributed by atoms with van der Waals surface area (Å²) < 4.78 is 0. The SMILES string of the molecule is Cc1ccc(-c2cccnc2)c(N([O-])C(=O)CC(C)N)c1. The number of benzene rings is 1. The van der Waals surface area contributed by atoms with Crippen molar-refractivity contribution in [3.05, 3.63) is 53.5 Å². The molecule has 0 saturated carbocycles. The maximum atomic E-state index is 12.3. The van der Waals surface area contributed by atoms with Gasteiger partial charge in [-0.3, -0.25) is 9.78 Å². The smallest absolute Gasteiger partial charge is 0.217 e. The van der Waals surface area contributed by atoms with Gasteiger partial charge in [0.05, 0.1) is 0 Å². The molecule has 0 spiro atoms. The lowest BCUT2D eigenvalue weighted by molar-refractivity contribution is -0.118. The minimum absolute atomic E-state index is 0.0178. The summed E-state index contributed by atoms with van der Waals surface area (Å²) in [4.78, 5) is 16.0. The number of amides is 1. The molecule has 110 valence electrons. The molecule has 0 aliphatic rings. The van der Waals surface area contributed by atoms with Gasteiger partial charge in [0.2, 0.25) is 5.91 Å². The average molecular weight is 284 g/mol. The third kappa shape index (κ3) is 3.65. The van der Waals surface area contributed by atoms with Crippen molar-refractivity contribution < 1.29 is 4.79 Å². The first kappa shape index (κ1) is 15.2. The Balaban J connectivity index is 2.43. The lowest BCUT2D eigenvalue weighted by Crippen LogP contribution is -2.30. The van der Waals surface area contributed by atoms with Crippen molar-refractivity contribution in [3.8, 4) is 11.1 Å². The molecule has 5 heteroatoms. The molecule has 21 heavy (non-hydrogen) atoms. The molecule has 2 N–H and O–H groups in total. The molecule has 1 aromatic carbocycles. The Labute approximate surface area is 124 Å². The van der Waals surface area contributed by atoms with E-state index in [1.165, 1.54) is 0 Å². The maximum Gasteiger partial charge on any atom is 0.217 e. The fourth-order valence-corrected chi connectivity index (χ4v) is 2.07. The average Bonchev–Trinajstić information content (AvgIpc) is 2.46. The Morgan fingerprint density at radius 2 is 2.19 bits per heavy atom. The third-order valence-electron chi connectivity index (χ3n) is 3.07. The first-order valence-electron chi connectivity index (χ1n) is 6.75. The second kappa shape index (κ2) is 6.47. The number of hydrogen-bond donors (Lipinski definition) is 1. The molecule has 1 unspecified atom stereocenters. The number of nitrogens with zero attached hydrogens (tertiary/aromatic N) is 2. The van der Waals surface area contributed by atoms with E-state index >= 15 is 0 Å². The molecule has 0 aliphatic carbocycles. The third-order valence-corrected chi connectivity index (χ3v) is 3.07. The zero-order chi connectivity index (χ0) is 15.4. The number of aryl methyl sites for hydroxylation is 1. The van der Waals surface area contributed by atoms with E-state index in [2.05, 4.69) is 4.98 Å². The fourth-order valence-electron chi connectivity index (χ4n) is 2.07. The predicted molar refractivity (Wildman–Crippen MR) is 83.5 cm³/mol. The van der Waals surface area contributed by atoms with Gasteiger partial charge in [0, 0.05) is 41.7 Å². The van der Waals surface area contributed by atoms with Crippen LogP contribution in [0.5, 0.6) is 0 Å². The summed E-state index contributed by atoms with van der Waals surface area (Å²) in [5.74, 6) is -0.541. The van der Waals surface area contributed by atoms with E-state index < -0.39 is 5.91 Å². The number of carbonyl (C=O) groups excluding carboxylic acids is 1. The van der Waals surface area contributed by atoms with Crippen LogP contribution in [0, 0.1) is 12.1 Å². The molecule has 2 rings (SSSR count). The number of nitrogens with two attached hydrogens (primary N) is 1. The first-order chi connectivity index (χ1) is 9.99. The Hall–Kier alpha value is -2.24. The van der Waals surface area contributed by atoms with E-state index in [0.29, 0.717) is 16.3 Å². The Kier molecular flexibility index (Phi) is 4.67. The number of hydroxylamine groups is 1. The molecule has 0 saturated heterocycles. The second-order valence-electron chi connectivity index (χ2n) is 5.13. The molecular formula is C16H18N3O2-. The molecule has 1 heterocycles. The summed E-state index contributed by atoms with van der Waals surface area (Å²) in [6, 6.07) is 8.72. The van der Waals surface area contributed by atoms with E-state index in [9.17, 15) is 10.0 Å². The number of aromatic nitrogens is 1. The Morgan fingerprint density at radius 1 is 1.43 bits per heavy atom. The van der Waals surface area contributed by atoms with Crippen LogP contribution in [0.4, 0.5) is 5.69 Å². The summed E-state index contributed by atoms with van der Waals surface area (Å²) in [6.45, 7) is 3.57. The van der Waals surface area contributed by atoms with Crippen LogP contribution in [0.3, 0.4) is 0 Å². The molecule has 1 aromatic heterocycles. The monoisotopic (exact) mass is 284 g/mol. The van der Waals surface area contributed by atoms with Gasteiger partial charge in [0.15, 0.2) is 0 Å². The van der Waals surface area contributed by atoms with Crippen molar-refractivity contribution in [2.75, 3.05) is 5.06 Å². The first-order valence-corrected chi connectivity index (χ1v) is 6.75. The molecule has 1 atom stereocenters. The molecule has 1 amide bonds. The molecule has 0 fully saturated rings. The zero-order valence-corrected chi connectivity index (χ0v) is 12.1. The molecule has 0 bridgehead atoms. The van der Waals surface area contributed by atoms with Crippen molar-refractivity contribution in [1.29, 1.82) is 0 Å². The van der Waals surface area contributed by atoms with Gasteiger partial charge in [-0.05, 0) is 31.5 Å². The zero-order valence-electron chi connectivity index (χ0n) is 12.1. The van der Waals surface area contributed by atoms with Gasteiger partial charge in [-0.2, -0.15) is 0 Å². The van der Waals surface area contributed by atoms with E-state index in [0.717, 1.165) is 11.1 Å². The van der Waals surface area contributed by atoms with Crippen LogP contribution in [-0.2, 0) is 4.79 Å². The predicted octanol–water partition coefficient (Wildman–Crippen LogP) is 2.63. The van der Waals surface area contributed by atoms with Crippen LogP contribution in [0.2, 0.25) is 0 Å². The van der Waals surface area contributed by atoms with Gasteiger partial charge in [0.25, 0.3) is 0 Å². The highest BCUT2D eigenvalue weighted by Crippen LogP contribution is 2.31. The minimum Gasteiger partial charge on any atom is -0.752 e. The molecule has 0 aliphatic heterocycles. The molecular weight excluding hydrogens is 266 g/mol. The van der Waals surface area contributed by atoms with Crippen LogP contribution in [-0.4, -0.2) is 16.9 Å². The highest BCUT2D eigenvalue weighted by molar-refractivity contribution is 5.98. The molecule has 5 nitrogen and oxygen atoms in total. The van der Waals surface area contributed by atoms with Gasteiger partial charge >= 0.3 is 0 Å². The number of carbonyl (C=O) groups is 1. The fraction of sp³-hybridized carbons (Fsp3) is 0.250. The lowest BCUT2D eigenvalue weighted by atomic mass is 10.0. The summed E-state index contributed by atoms with van der Waals surface area (Å²) >= 11 is 0. The van der Waals surface area contributed by atoms with Crippen LogP contribution < -0.4 is 10.8 Å². The van der Waals surface area contributed by atoms with Crippen LogP contribution in [0.25, 0.3) is 11.1 Å². The highest BCUT2D eigenvalue weighted by Gasteiger charge is 2.13. The Bertz CT molecular complexity index is 627. The van der Waals surface area contributed by atoms with E-state index in [1.807, 2.05) is 25.1 Å². The summed E-state index contributed by atoms with van der Waals surface area (Å²) in [5, 5.41) is 12.7. The second-order valence-corrected chi connectivity index (χ2v) is 5.13. The number of rotatable bonds is 4. The summed E-state index contributed by atoms with van der Waals surface area (Å²) in [6.07, 6.45) is 3.34. The van der Waals surface area contributed by atoms with Crippen molar-refractivity contribution in [2.24, 2.45) is 5.73 Å². The van der Waals surface area contributed by atoms with Crippen molar-refractivity contribution in [2.45, 2.75) is 26.3 Å². The van der Waals surface area contributed by atoms with E-state index in [-0.39, 0.29) is 12.5 Å². The van der Waals surface area contributed by atoms with Gasteiger partial charge in [-0.25, -0.2) is 0 Å². The largest absolute Gasteiger partial charge is 0.752 e. The number of anilines is 1. The van der Waals surface area contributed by atoms with Gasteiger partial charge in [0.1, 0.15) is 0 Å². The molecule has 0 radical (unpaired) electrons. The van der Waals surface area contributed by atoms with Crippen LogP contribution in [0.1, 0.15) is 18.9 Å². The minimum atomic E-state index is -0.541. The quantitative estimate of drug-likeness (QED) is 0.875. The van der Waals surface area contributed by atoms with Crippen molar-refractivity contribution >= 4 is 11.6 Å². The maximum absolute atomic E-state index is 12.3. The Morgan fingerprint density at radius 3 is 2.81 bits per heavy atom. The van der Waals surface area contributed by atoms with Crippen molar-refractivity contribution in [3.63, 3.8) is 0 Å². The van der Waals surface area contributed by atoms with Crippen molar-refractivity contribution in [1.82, 2.24) is 4.98 Å². The molecule has 2 aromatic rings. The number of hydrogen-bond acceptors (Lipinski definition) is 4. The highest BCUT2D eigenvalue weighted by atomic mass is 16.5.